The molecule has 2 heterocycles. The molecule has 1 saturated heterocycles. The van der Waals surface area contributed by atoms with Gasteiger partial charge in [-0.2, -0.15) is 4.31 Å². The first-order valence-electron chi connectivity index (χ1n) is 10.1. The van der Waals surface area contributed by atoms with Crippen LogP contribution in [0, 0.1) is 19.8 Å². The zero-order valence-electron chi connectivity index (χ0n) is 17.9. The summed E-state index contributed by atoms with van der Waals surface area (Å²) >= 11 is 0. The Morgan fingerprint density at radius 1 is 1.33 bits per heavy atom. The lowest BCUT2D eigenvalue weighted by Crippen LogP contribution is -2.45. The zero-order chi connectivity index (χ0) is 21.9. The molecule has 0 bridgehead atoms. The second-order valence-electron chi connectivity index (χ2n) is 7.59. The van der Waals surface area contributed by atoms with Crippen LogP contribution in [0.5, 0.6) is 5.75 Å². The van der Waals surface area contributed by atoms with E-state index < -0.39 is 15.9 Å². The molecule has 0 radical (unpaired) electrons. The maximum absolute atomic E-state index is 13.1. The Bertz CT molecular complexity index is 982. The number of carbonyl (C=O) groups is 1. The molecule has 1 amide bonds. The minimum atomic E-state index is -3.76. The molecular weight excluding hydrogens is 406 g/mol. The van der Waals surface area contributed by atoms with Crippen LogP contribution in [-0.2, 0) is 21.4 Å². The zero-order valence-corrected chi connectivity index (χ0v) is 18.7. The van der Waals surface area contributed by atoms with Crippen molar-refractivity contribution >= 4 is 15.9 Å². The van der Waals surface area contributed by atoms with E-state index in [0.29, 0.717) is 38.2 Å². The smallest absolute Gasteiger partial charge is 0.248 e. The normalized spacial score (nSPS) is 17.7. The average Bonchev–Trinajstić information content (AvgIpc) is 3.08. The number of piperidine rings is 1. The first-order valence-corrected chi connectivity index (χ1v) is 11.6. The highest BCUT2D eigenvalue weighted by atomic mass is 32.2. The van der Waals surface area contributed by atoms with E-state index in [1.807, 2.05) is 31.2 Å². The predicted octanol–water partition coefficient (Wildman–Crippen LogP) is 2.75. The first-order chi connectivity index (χ1) is 14.3. The molecule has 1 fully saturated rings. The molecule has 8 nitrogen and oxygen atoms in total. The third kappa shape index (κ3) is 4.52. The Morgan fingerprint density at radius 2 is 2.07 bits per heavy atom. The number of amides is 1. The molecule has 0 spiro atoms. The first kappa shape index (κ1) is 22.3. The highest BCUT2D eigenvalue weighted by Crippen LogP contribution is 2.29. The molecule has 0 aliphatic carbocycles. The van der Waals surface area contributed by atoms with E-state index in [9.17, 15) is 13.2 Å². The van der Waals surface area contributed by atoms with Crippen LogP contribution in [-0.4, -0.2) is 55.4 Å². The molecule has 9 heteroatoms. The lowest BCUT2D eigenvalue weighted by atomic mass is 9.98. The Kier molecular flexibility index (Phi) is 6.82. The molecule has 1 unspecified atom stereocenters. The average molecular weight is 436 g/mol. The Labute approximate surface area is 177 Å². The standard InChI is InChI=1S/C21H29N3O5S/c1-5-28-19-11-7-6-9-17(19)13-23(4)21(25)18-10-8-12-24(14-18)30(26,27)20-15(2)22-29-16(20)3/h6-7,9,11,18H,5,8,10,12-14H2,1-4H3. The van der Waals surface area contributed by atoms with Crippen LogP contribution in [0.3, 0.4) is 0 Å². The number of para-hydroxylation sites is 1. The molecule has 2 aromatic rings. The second-order valence-corrected chi connectivity index (χ2v) is 9.47. The number of sulfonamides is 1. The largest absolute Gasteiger partial charge is 0.494 e. The van der Waals surface area contributed by atoms with Gasteiger partial charge in [0, 0.05) is 32.2 Å². The molecule has 1 aliphatic rings. The van der Waals surface area contributed by atoms with Crippen molar-refractivity contribution < 1.29 is 22.5 Å². The fourth-order valence-electron chi connectivity index (χ4n) is 3.91. The van der Waals surface area contributed by atoms with Crippen molar-refractivity contribution in [3.05, 3.63) is 41.3 Å². The predicted molar refractivity (Wildman–Crippen MR) is 112 cm³/mol. The van der Waals surface area contributed by atoms with Crippen LogP contribution < -0.4 is 4.74 Å². The van der Waals surface area contributed by atoms with Crippen molar-refractivity contribution in [2.75, 3.05) is 26.7 Å². The summed E-state index contributed by atoms with van der Waals surface area (Å²) in [5.41, 5.74) is 1.26. The monoisotopic (exact) mass is 435 g/mol. The Hall–Kier alpha value is -2.39. The van der Waals surface area contributed by atoms with Gasteiger partial charge in [0.2, 0.25) is 15.9 Å². The van der Waals surface area contributed by atoms with Crippen molar-refractivity contribution in [3.8, 4) is 5.75 Å². The van der Waals surface area contributed by atoms with Crippen molar-refractivity contribution in [1.29, 1.82) is 0 Å². The van der Waals surface area contributed by atoms with E-state index in [2.05, 4.69) is 5.16 Å². The topological polar surface area (TPSA) is 93.0 Å². The number of hydrogen-bond donors (Lipinski definition) is 0. The highest BCUT2D eigenvalue weighted by molar-refractivity contribution is 7.89. The molecule has 30 heavy (non-hydrogen) atoms. The summed E-state index contributed by atoms with van der Waals surface area (Å²) in [7, 11) is -2.02. The van der Waals surface area contributed by atoms with Crippen molar-refractivity contribution in [1.82, 2.24) is 14.4 Å². The summed E-state index contributed by atoms with van der Waals surface area (Å²) < 4.78 is 38.3. The van der Waals surface area contributed by atoms with E-state index in [1.165, 1.54) is 4.31 Å². The summed E-state index contributed by atoms with van der Waals surface area (Å²) in [5, 5.41) is 3.76. The molecule has 0 N–H and O–H groups in total. The number of hydrogen-bond acceptors (Lipinski definition) is 6. The van der Waals surface area contributed by atoms with Gasteiger partial charge in [0.25, 0.3) is 0 Å². The van der Waals surface area contributed by atoms with Gasteiger partial charge >= 0.3 is 0 Å². The number of rotatable bonds is 7. The maximum Gasteiger partial charge on any atom is 0.248 e. The van der Waals surface area contributed by atoms with Gasteiger partial charge in [0.15, 0.2) is 5.76 Å². The van der Waals surface area contributed by atoms with Crippen LogP contribution in [0.4, 0.5) is 0 Å². The fraction of sp³-hybridized carbons (Fsp3) is 0.524. The highest BCUT2D eigenvalue weighted by Gasteiger charge is 2.37. The fourth-order valence-corrected chi connectivity index (χ4v) is 5.73. The van der Waals surface area contributed by atoms with E-state index in [0.717, 1.165) is 11.3 Å². The summed E-state index contributed by atoms with van der Waals surface area (Å²) in [6.45, 7) is 6.61. The minimum absolute atomic E-state index is 0.0695. The number of benzene rings is 1. The third-order valence-corrected chi connectivity index (χ3v) is 7.47. The maximum atomic E-state index is 13.1. The van der Waals surface area contributed by atoms with Gasteiger partial charge in [0.1, 0.15) is 16.3 Å². The molecule has 1 aromatic heterocycles. The minimum Gasteiger partial charge on any atom is -0.494 e. The lowest BCUT2D eigenvalue weighted by Gasteiger charge is -2.33. The van der Waals surface area contributed by atoms with E-state index in [1.54, 1.807) is 25.8 Å². The molecule has 164 valence electrons. The summed E-state index contributed by atoms with van der Waals surface area (Å²) in [6.07, 6.45) is 1.28. The number of nitrogens with zero attached hydrogens (tertiary/aromatic N) is 3. The van der Waals surface area contributed by atoms with E-state index >= 15 is 0 Å². The van der Waals surface area contributed by atoms with Gasteiger partial charge < -0.3 is 14.2 Å². The SMILES string of the molecule is CCOc1ccccc1CN(C)C(=O)C1CCCN(S(=O)(=O)c2c(C)noc2C)C1. The summed E-state index contributed by atoms with van der Waals surface area (Å²) in [5.74, 6) is 0.565. The Balaban J connectivity index is 1.73. The molecule has 1 aliphatic heterocycles. The van der Waals surface area contributed by atoms with Crippen LogP contribution in [0.2, 0.25) is 0 Å². The summed E-state index contributed by atoms with van der Waals surface area (Å²) in [6, 6.07) is 7.63. The number of aryl methyl sites for hydroxylation is 2. The van der Waals surface area contributed by atoms with Gasteiger partial charge in [-0.25, -0.2) is 8.42 Å². The lowest BCUT2D eigenvalue weighted by molar-refractivity contribution is -0.135. The molecule has 3 rings (SSSR count). The van der Waals surface area contributed by atoms with E-state index in [-0.39, 0.29) is 23.1 Å². The van der Waals surface area contributed by atoms with Crippen LogP contribution in [0.1, 0.15) is 36.8 Å². The number of aromatic nitrogens is 1. The molecule has 1 aromatic carbocycles. The van der Waals surface area contributed by atoms with Gasteiger partial charge in [-0.3, -0.25) is 4.79 Å². The van der Waals surface area contributed by atoms with Crippen molar-refractivity contribution in [2.24, 2.45) is 5.92 Å². The number of ether oxygens (including phenoxy) is 1. The quantitative estimate of drug-likeness (QED) is 0.664. The van der Waals surface area contributed by atoms with Crippen LogP contribution >= 0.6 is 0 Å². The molecule has 1 atom stereocenters. The summed E-state index contributed by atoms with van der Waals surface area (Å²) in [4.78, 5) is 14.9. The van der Waals surface area contributed by atoms with E-state index in [4.69, 9.17) is 9.26 Å². The van der Waals surface area contributed by atoms with Gasteiger partial charge in [-0.1, -0.05) is 23.4 Å². The second kappa shape index (κ2) is 9.18. The van der Waals surface area contributed by atoms with Crippen LogP contribution in [0.25, 0.3) is 0 Å². The third-order valence-electron chi connectivity index (χ3n) is 5.36. The van der Waals surface area contributed by atoms with Gasteiger partial charge in [-0.05, 0) is 39.7 Å². The number of carbonyl (C=O) groups excluding carboxylic acids is 1. The van der Waals surface area contributed by atoms with Crippen molar-refractivity contribution in [2.45, 2.75) is 45.1 Å². The Morgan fingerprint density at radius 3 is 2.73 bits per heavy atom. The molecule has 0 saturated carbocycles. The van der Waals surface area contributed by atoms with Gasteiger partial charge in [0.05, 0.1) is 12.5 Å². The van der Waals surface area contributed by atoms with Crippen molar-refractivity contribution in [3.63, 3.8) is 0 Å². The van der Waals surface area contributed by atoms with Gasteiger partial charge in [-0.15, -0.1) is 0 Å². The molecular formula is C21H29N3O5S. The van der Waals surface area contributed by atoms with Crippen LogP contribution in [0.15, 0.2) is 33.7 Å².